The Morgan fingerprint density at radius 2 is 2.11 bits per heavy atom. The van der Waals surface area contributed by atoms with E-state index in [4.69, 9.17) is 9.47 Å². The number of hydrogen-bond donors (Lipinski definition) is 2. The van der Waals surface area contributed by atoms with Gasteiger partial charge in [0.15, 0.2) is 0 Å². The lowest BCUT2D eigenvalue weighted by Crippen LogP contribution is -2.43. The fraction of sp³-hybridized carbons (Fsp3) is 0.211. The molecule has 0 fully saturated rings. The summed E-state index contributed by atoms with van der Waals surface area (Å²) in [6.45, 7) is 0. The number of carbonyl (C=O) groups excluding carboxylic acids is 2. The van der Waals surface area contributed by atoms with Crippen molar-refractivity contribution in [1.29, 1.82) is 0 Å². The van der Waals surface area contributed by atoms with Crippen LogP contribution in [0.5, 0.6) is 5.88 Å². The Labute approximate surface area is 164 Å². The van der Waals surface area contributed by atoms with E-state index in [1.54, 1.807) is 12.1 Å². The molecule has 0 radical (unpaired) electrons. The van der Waals surface area contributed by atoms with Crippen LogP contribution < -0.4 is 10.1 Å². The minimum absolute atomic E-state index is 0.189. The predicted molar refractivity (Wildman–Crippen MR) is 104 cm³/mol. The van der Waals surface area contributed by atoms with Crippen molar-refractivity contribution in [2.75, 3.05) is 14.2 Å². The maximum absolute atomic E-state index is 12.6. The first-order valence-corrected chi connectivity index (χ1v) is 8.96. The van der Waals surface area contributed by atoms with Crippen molar-refractivity contribution in [2.45, 2.75) is 12.5 Å². The molecule has 0 saturated carbocycles. The summed E-state index contributed by atoms with van der Waals surface area (Å²) >= 11 is 3.45. The number of nitrogens with one attached hydrogen (secondary N) is 2. The molecule has 3 rings (SSSR count). The standard InChI is InChI=1S/C19H18BrN3O4/c1-26-18-13(4-3-7-21-18)17(24)23-16(19(25)27-2)8-11-10-22-15-6-5-12(20)9-14(11)15/h3-7,9-10,16,22H,8H2,1-2H3,(H,23,24). The average molecular weight is 432 g/mol. The van der Waals surface area contributed by atoms with Crippen LogP contribution in [0.2, 0.25) is 0 Å². The van der Waals surface area contributed by atoms with E-state index in [2.05, 4.69) is 31.2 Å². The van der Waals surface area contributed by atoms with Crippen LogP contribution in [-0.2, 0) is 16.0 Å². The maximum atomic E-state index is 12.6. The zero-order valence-corrected chi connectivity index (χ0v) is 16.4. The van der Waals surface area contributed by atoms with E-state index in [1.165, 1.54) is 20.4 Å². The number of amides is 1. The first kappa shape index (κ1) is 18.9. The number of nitrogens with zero attached hydrogens (tertiary/aromatic N) is 1. The van der Waals surface area contributed by atoms with Crippen LogP contribution in [0.25, 0.3) is 10.9 Å². The highest BCUT2D eigenvalue weighted by Crippen LogP contribution is 2.24. The van der Waals surface area contributed by atoms with Gasteiger partial charge >= 0.3 is 5.97 Å². The number of aromatic nitrogens is 2. The highest BCUT2D eigenvalue weighted by Gasteiger charge is 2.25. The van der Waals surface area contributed by atoms with Crippen LogP contribution in [0.3, 0.4) is 0 Å². The van der Waals surface area contributed by atoms with Gasteiger partial charge in [-0.1, -0.05) is 15.9 Å². The summed E-state index contributed by atoms with van der Waals surface area (Å²) in [6, 6.07) is 8.18. The molecule has 2 heterocycles. The average Bonchev–Trinajstić information content (AvgIpc) is 3.08. The second kappa shape index (κ2) is 8.22. The maximum Gasteiger partial charge on any atom is 0.328 e. The van der Waals surface area contributed by atoms with Crippen LogP contribution in [0, 0.1) is 0 Å². The fourth-order valence-corrected chi connectivity index (χ4v) is 3.20. The summed E-state index contributed by atoms with van der Waals surface area (Å²) < 4.78 is 10.9. The SMILES string of the molecule is COC(=O)C(Cc1c[nH]c2ccc(Br)cc12)NC(=O)c1cccnc1OC. The van der Waals surface area contributed by atoms with Crippen LogP contribution >= 0.6 is 15.9 Å². The van der Waals surface area contributed by atoms with E-state index in [-0.39, 0.29) is 17.9 Å². The molecule has 1 unspecified atom stereocenters. The highest BCUT2D eigenvalue weighted by atomic mass is 79.9. The molecule has 7 nitrogen and oxygen atoms in total. The Balaban J connectivity index is 1.87. The Morgan fingerprint density at radius 1 is 1.30 bits per heavy atom. The van der Waals surface area contributed by atoms with Gasteiger partial charge in [-0.05, 0) is 35.9 Å². The second-order valence-corrected chi connectivity index (χ2v) is 6.73. The third-order valence-corrected chi connectivity index (χ3v) is 4.65. The van der Waals surface area contributed by atoms with Crippen molar-refractivity contribution < 1.29 is 19.1 Å². The van der Waals surface area contributed by atoms with Crippen LogP contribution in [-0.4, -0.2) is 42.1 Å². The number of rotatable bonds is 6. The number of carbonyl (C=O) groups is 2. The summed E-state index contributed by atoms with van der Waals surface area (Å²) in [6.07, 6.45) is 3.62. The van der Waals surface area contributed by atoms with Crippen molar-refractivity contribution in [3.05, 3.63) is 58.3 Å². The van der Waals surface area contributed by atoms with Gasteiger partial charge in [-0.2, -0.15) is 0 Å². The van der Waals surface area contributed by atoms with Crippen LogP contribution in [0.15, 0.2) is 47.2 Å². The highest BCUT2D eigenvalue weighted by molar-refractivity contribution is 9.10. The summed E-state index contributed by atoms with van der Waals surface area (Å²) in [4.78, 5) is 32.1. The number of hydrogen-bond acceptors (Lipinski definition) is 5. The van der Waals surface area contributed by atoms with E-state index in [0.717, 1.165) is 20.9 Å². The summed E-state index contributed by atoms with van der Waals surface area (Å²) in [5, 5.41) is 3.68. The van der Waals surface area contributed by atoms with Gasteiger partial charge in [-0.15, -0.1) is 0 Å². The van der Waals surface area contributed by atoms with Gasteiger partial charge in [0.2, 0.25) is 5.88 Å². The lowest BCUT2D eigenvalue weighted by Gasteiger charge is -2.17. The van der Waals surface area contributed by atoms with E-state index >= 15 is 0 Å². The third-order valence-electron chi connectivity index (χ3n) is 4.15. The molecular weight excluding hydrogens is 414 g/mol. The Morgan fingerprint density at radius 3 is 2.85 bits per heavy atom. The number of H-pyrrole nitrogens is 1. The molecule has 1 aromatic carbocycles. The Bertz CT molecular complexity index is 986. The van der Waals surface area contributed by atoms with Crippen LogP contribution in [0.4, 0.5) is 0 Å². The number of esters is 1. The first-order valence-electron chi connectivity index (χ1n) is 8.16. The summed E-state index contributed by atoms with van der Waals surface area (Å²) in [7, 11) is 2.72. The molecule has 2 aromatic heterocycles. The topological polar surface area (TPSA) is 93.3 Å². The van der Waals surface area contributed by atoms with E-state index in [9.17, 15) is 9.59 Å². The number of ether oxygens (including phenoxy) is 2. The minimum Gasteiger partial charge on any atom is -0.480 e. The molecule has 3 aromatic rings. The second-order valence-electron chi connectivity index (χ2n) is 5.82. The lowest BCUT2D eigenvalue weighted by atomic mass is 10.0. The summed E-state index contributed by atoms with van der Waals surface area (Å²) in [5.41, 5.74) is 2.08. The summed E-state index contributed by atoms with van der Waals surface area (Å²) in [5.74, 6) is -0.804. The van der Waals surface area contributed by atoms with Crippen molar-refractivity contribution in [3.63, 3.8) is 0 Å². The number of aromatic amines is 1. The molecule has 0 bridgehead atoms. The smallest absolute Gasteiger partial charge is 0.328 e. The van der Waals surface area contributed by atoms with Gasteiger partial charge in [-0.25, -0.2) is 9.78 Å². The molecule has 1 amide bonds. The lowest BCUT2D eigenvalue weighted by molar-refractivity contribution is -0.142. The van der Waals surface area contributed by atoms with Gasteiger partial charge in [0.1, 0.15) is 11.6 Å². The van der Waals surface area contributed by atoms with Gasteiger partial charge in [0.25, 0.3) is 5.91 Å². The van der Waals surface area contributed by atoms with Crippen molar-refractivity contribution in [1.82, 2.24) is 15.3 Å². The van der Waals surface area contributed by atoms with Gasteiger partial charge in [0.05, 0.1) is 14.2 Å². The third kappa shape index (κ3) is 4.11. The monoisotopic (exact) mass is 431 g/mol. The number of pyridine rings is 1. The molecule has 0 spiro atoms. The van der Waals surface area contributed by atoms with Crippen molar-refractivity contribution in [3.8, 4) is 5.88 Å². The number of benzene rings is 1. The number of methoxy groups -OCH3 is 2. The molecular formula is C19H18BrN3O4. The normalized spacial score (nSPS) is 11.8. The molecule has 27 heavy (non-hydrogen) atoms. The Kier molecular flexibility index (Phi) is 5.75. The fourth-order valence-electron chi connectivity index (χ4n) is 2.84. The molecule has 0 aliphatic rings. The van der Waals surface area contributed by atoms with E-state index < -0.39 is 17.9 Å². The molecule has 2 N–H and O–H groups in total. The van der Waals surface area contributed by atoms with Crippen LogP contribution in [0.1, 0.15) is 15.9 Å². The molecule has 140 valence electrons. The van der Waals surface area contributed by atoms with E-state index in [1.807, 2.05) is 24.4 Å². The zero-order valence-electron chi connectivity index (χ0n) is 14.8. The molecule has 0 saturated heterocycles. The first-order chi connectivity index (χ1) is 13.0. The molecule has 0 aliphatic heterocycles. The number of fused-ring (bicyclic) bond motifs is 1. The largest absolute Gasteiger partial charge is 0.480 e. The predicted octanol–water partition coefficient (Wildman–Crippen LogP) is 2.85. The van der Waals surface area contributed by atoms with E-state index in [0.29, 0.717) is 0 Å². The Hall–Kier alpha value is -2.87. The molecule has 0 aliphatic carbocycles. The van der Waals surface area contributed by atoms with Gasteiger partial charge in [-0.3, -0.25) is 4.79 Å². The quantitative estimate of drug-likeness (QED) is 0.585. The van der Waals surface area contributed by atoms with Crippen molar-refractivity contribution >= 4 is 38.7 Å². The van der Waals surface area contributed by atoms with Gasteiger partial charge in [0, 0.05) is 34.2 Å². The molecule has 1 atom stereocenters. The zero-order chi connectivity index (χ0) is 19.4. The molecule has 8 heteroatoms. The minimum atomic E-state index is -0.856. The van der Waals surface area contributed by atoms with Crippen molar-refractivity contribution in [2.24, 2.45) is 0 Å². The number of halogens is 1. The van der Waals surface area contributed by atoms with Gasteiger partial charge < -0.3 is 19.8 Å².